The highest BCUT2D eigenvalue weighted by Gasteiger charge is 2.46. The van der Waals surface area contributed by atoms with Crippen molar-refractivity contribution < 1.29 is 17.9 Å². The van der Waals surface area contributed by atoms with Crippen LogP contribution in [-0.2, 0) is 21.0 Å². The Labute approximate surface area is 202 Å². The predicted octanol–water partition coefficient (Wildman–Crippen LogP) is 5.64. The first-order valence-electron chi connectivity index (χ1n) is 12.0. The number of rotatable bonds is 9. The minimum atomic E-state index is -3.51. The van der Waals surface area contributed by atoms with Crippen LogP contribution in [-0.4, -0.2) is 33.0 Å². The highest BCUT2D eigenvalue weighted by atomic mass is 32.2. The van der Waals surface area contributed by atoms with E-state index in [-0.39, 0.29) is 11.7 Å². The summed E-state index contributed by atoms with van der Waals surface area (Å²) >= 11 is 0. The molecule has 0 bridgehead atoms. The third-order valence-electron chi connectivity index (χ3n) is 6.99. The van der Waals surface area contributed by atoms with Gasteiger partial charge < -0.3 is 4.74 Å². The second-order valence-corrected chi connectivity index (χ2v) is 11.6. The fourth-order valence-corrected chi connectivity index (χ4v) is 6.29. The van der Waals surface area contributed by atoms with Crippen molar-refractivity contribution in [1.82, 2.24) is 0 Å². The molecule has 0 spiro atoms. The highest BCUT2D eigenvalue weighted by Crippen LogP contribution is 2.50. The van der Waals surface area contributed by atoms with Crippen molar-refractivity contribution in [1.29, 1.82) is 0 Å². The van der Waals surface area contributed by atoms with Gasteiger partial charge in [0.1, 0.15) is 0 Å². The molecule has 4 rings (SSSR count). The summed E-state index contributed by atoms with van der Waals surface area (Å²) in [6, 6.07) is 14.5. The van der Waals surface area contributed by atoms with Crippen LogP contribution in [0.15, 0.2) is 69.7 Å². The summed E-state index contributed by atoms with van der Waals surface area (Å²) in [5.74, 6) is 0.774. The number of ether oxygens (including phenoxy) is 1. The molecule has 1 saturated carbocycles. The lowest BCUT2D eigenvalue weighted by Crippen LogP contribution is -2.17. The third kappa shape index (κ3) is 5.17. The molecule has 2 aromatic rings. The van der Waals surface area contributed by atoms with Gasteiger partial charge in [0, 0.05) is 5.92 Å². The molecule has 2 aromatic carbocycles. The first-order chi connectivity index (χ1) is 16.2. The first kappa shape index (κ1) is 24.4. The molecule has 0 saturated heterocycles. The summed E-state index contributed by atoms with van der Waals surface area (Å²) in [4.78, 5) is 16.9. The molecule has 0 radical (unpaired) electrons. The lowest BCUT2D eigenvalue weighted by atomic mass is 9.97. The Bertz CT molecular complexity index is 1220. The van der Waals surface area contributed by atoms with Gasteiger partial charge in [-0.25, -0.2) is 13.2 Å². The van der Waals surface area contributed by atoms with Crippen LogP contribution in [0.2, 0.25) is 0 Å². The van der Waals surface area contributed by atoms with Crippen molar-refractivity contribution in [3.63, 3.8) is 0 Å². The average Bonchev–Trinajstić information content (AvgIpc) is 3.62. The van der Waals surface area contributed by atoms with Crippen molar-refractivity contribution in [3.05, 3.63) is 76.5 Å². The average molecular weight is 480 g/mol. The quantitative estimate of drug-likeness (QED) is 0.437. The normalized spacial score (nSPS) is 20.4. The Morgan fingerprint density at radius 1 is 1.09 bits per heavy atom. The van der Waals surface area contributed by atoms with Crippen LogP contribution in [0.25, 0.3) is 0 Å². The number of methoxy groups -OCH3 is 1. The summed E-state index contributed by atoms with van der Waals surface area (Å²) in [5.41, 5.74) is 5.21. The van der Waals surface area contributed by atoms with E-state index in [1.165, 1.54) is 19.1 Å². The maximum Gasteiger partial charge on any atom is 0.337 e. The maximum absolute atomic E-state index is 13.2. The molecule has 2 aliphatic rings. The van der Waals surface area contributed by atoms with Gasteiger partial charge in [-0.1, -0.05) is 51.0 Å². The number of allylic oxidation sites excluding steroid dienone is 1. The summed E-state index contributed by atoms with van der Waals surface area (Å²) < 4.78 is 31.3. The number of nitrogens with zero attached hydrogens (tertiary/aromatic N) is 1. The van der Waals surface area contributed by atoms with E-state index in [0.29, 0.717) is 33.9 Å². The zero-order valence-electron chi connectivity index (χ0n) is 20.4. The van der Waals surface area contributed by atoms with Crippen LogP contribution in [0, 0.1) is 17.8 Å². The van der Waals surface area contributed by atoms with Crippen molar-refractivity contribution >= 4 is 21.5 Å². The van der Waals surface area contributed by atoms with Gasteiger partial charge in [0.2, 0.25) is 0 Å². The number of hydrogen-bond acceptors (Lipinski definition) is 5. The molecule has 3 unspecified atom stereocenters. The largest absolute Gasteiger partial charge is 0.465 e. The first-order valence-corrected chi connectivity index (χ1v) is 13.7. The lowest BCUT2D eigenvalue weighted by Gasteiger charge is -2.17. The Kier molecular flexibility index (Phi) is 7.08. The van der Waals surface area contributed by atoms with Crippen LogP contribution in [0.1, 0.15) is 61.5 Å². The fourth-order valence-electron chi connectivity index (χ4n) is 4.92. The molecule has 0 amide bonds. The number of carbonyl (C=O) groups excluding carboxylic acids is 1. The Morgan fingerprint density at radius 2 is 1.76 bits per heavy atom. The standard InChI is InChI=1S/C28H33NO4S/c1-5-6-18(2)15-20-7-13-23(14-8-20)34(31,32)17-26-19(3)24-16-25(24)27(29-26)21-9-11-22(12-10-21)28(30)33-4/h7-14,18,24-25H,5-6,15-17H2,1-4H3. The molecule has 3 atom stereocenters. The van der Waals surface area contributed by atoms with E-state index in [0.717, 1.165) is 36.1 Å². The van der Waals surface area contributed by atoms with E-state index < -0.39 is 9.84 Å². The van der Waals surface area contributed by atoms with E-state index in [9.17, 15) is 13.2 Å². The molecular formula is C28H33NO4S. The van der Waals surface area contributed by atoms with Crippen molar-refractivity contribution in [2.75, 3.05) is 12.9 Å². The van der Waals surface area contributed by atoms with Crippen LogP contribution < -0.4 is 0 Å². The number of sulfone groups is 1. The Morgan fingerprint density at radius 3 is 2.38 bits per heavy atom. The SMILES string of the molecule is CCCC(C)Cc1ccc(S(=O)(=O)CC2=C(C)C3CC3C(c3ccc(C(=O)OC)cc3)=N2)cc1. The van der Waals surface area contributed by atoms with Gasteiger partial charge in [-0.15, -0.1) is 0 Å². The summed E-state index contributed by atoms with van der Waals surface area (Å²) in [7, 11) is -2.15. The lowest BCUT2D eigenvalue weighted by molar-refractivity contribution is 0.0600. The molecule has 5 nitrogen and oxygen atoms in total. The maximum atomic E-state index is 13.2. The van der Waals surface area contributed by atoms with Gasteiger partial charge in [0.15, 0.2) is 9.84 Å². The monoisotopic (exact) mass is 479 g/mol. The van der Waals surface area contributed by atoms with Crippen molar-refractivity contribution in [3.8, 4) is 0 Å². The second kappa shape index (κ2) is 9.87. The van der Waals surface area contributed by atoms with Crippen LogP contribution in [0.4, 0.5) is 0 Å². The van der Waals surface area contributed by atoms with Crippen LogP contribution in [0.3, 0.4) is 0 Å². The van der Waals surface area contributed by atoms with Crippen LogP contribution >= 0.6 is 0 Å². The van der Waals surface area contributed by atoms with E-state index in [4.69, 9.17) is 9.73 Å². The van der Waals surface area contributed by atoms with Gasteiger partial charge >= 0.3 is 5.97 Å². The molecule has 1 aliphatic heterocycles. The zero-order chi connectivity index (χ0) is 24.5. The minimum Gasteiger partial charge on any atom is -0.465 e. The third-order valence-corrected chi connectivity index (χ3v) is 8.63. The number of carbonyl (C=O) groups is 1. The van der Waals surface area contributed by atoms with E-state index in [1.807, 2.05) is 31.2 Å². The van der Waals surface area contributed by atoms with E-state index >= 15 is 0 Å². The number of fused-ring (bicyclic) bond motifs is 1. The van der Waals surface area contributed by atoms with Gasteiger partial charge in [-0.2, -0.15) is 0 Å². The topological polar surface area (TPSA) is 72.8 Å². The predicted molar refractivity (Wildman–Crippen MR) is 135 cm³/mol. The molecular weight excluding hydrogens is 446 g/mol. The molecule has 34 heavy (non-hydrogen) atoms. The number of aliphatic imine (C=N–C) groups is 1. The molecule has 1 fully saturated rings. The number of benzene rings is 2. The minimum absolute atomic E-state index is 0.0998. The molecule has 0 aromatic heterocycles. The summed E-state index contributed by atoms with van der Waals surface area (Å²) in [6.07, 6.45) is 4.27. The summed E-state index contributed by atoms with van der Waals surface area (Å²) in [6.45, 7) is 6.42. The van der Waals surface area contributed by atoms with Crippen LogP contribution in [0.5, 0.6) is 0 Å². The molecule has 0 N–H and O–H groups in total. The van der Waals surface area contributed by atoms with Crippen molar-refractivity contribution in [2.45, 2.75) is 51.3 Å². The van der Waals surface area contributed by atoms with Gasteiger partial charge in [0.25, 0.3) is 0 Å². The molecule has 6 heteroatoms. The molecule has 1 heterocycles. The Balaban J connectivity index is 1.54. The fraction of sp³-hybridized carbons (Fsp3) is 0.429. The smallest absolute Gasteiger partial charge is 0.337 e. The van der Waals surface area contributed by atoms with Gasteiger partial charge in [0.05, 0.1) is 34.7 Å². The zero-order valence-corrected chi connectivity index (χ0v) is 21.2. The second-order valence-electron chi connectivity index (χ2n) is 9.65. The molecule has 1 aliphatic carbocycles. The van der Waals surface area contributed by atoms with E-state index in [1.54, 1.807) is 24.3 Å². The number of esters is 1. The molecule has 180 valence electrons. The van der Waals surface area contributed by atoms with E-state index in [2.05, 4.69) is 13.8 Å². The Hall–Kier alpha value is -2.73. The van der Waals surface area contributed by atoms with Gasteiger partial charge in [-0.05, 0) is 72.6 Å². The van der Waals surface area contributed by atoms with Gasteiger partial charge in [-0.3, -0.25) is 4.99 Å². The summed E-state index contributed by atoms with van der Waals surface area (Å²) in [5, 5.41) is 0. The highest BCUT2D eigenvalue weighted by molar-refractivity contribution is 7.91. The van der Waals surface area contributed by atoms with Crippen molar-refractivity contribution in [2.24, 2.45) is 22.7 Å². The number of hydrogen-bond donors (Lipinski definition) is 0.